The molecule has 1 nitrogen and oxygen atoms in total. The third kappa shape index (κ3) is 3.63. The Morgan fingerprint density at radius 2 is 1.80 bits per heavy atom. The lowest BCUT2D eigenvalue weighted by molar-refractivity contribution is 0.589. The molecule has 0 fully saturated rings. The number of hydrogen-bond acceptors (Lipinski definition) is 1. The predicted octanol–water partition coefficient (Wildman–Crippen LogP) is 5.22. The van der Waals surface area contributed by atoms with Crippen molar-refractivity contribution in [3.05, 3.63) is 68.1 Å². The minimum atomic E-state index is 0.254. The van der Waals surface area contributed by atoms with Crippen LogP contribution in [0.2, 0.25) is 5.02 Å². The zero-order chi connectivity index (χ0) is 14.7. The van der Waals surface area contributed by atoms with Gasteiger partial charge in [-0.25, -0.2) is 0 Å². The van der Waals surface area contributed by atoms with Gasteiger partial charge in [-0.2, -0.15) is 0 Å². The molecule has 0 radical (unpaired) electrons. The summed E-state index contributed by atoms with van der Waals surface area (Å²) in [5.74, 6) is 0. The first-order valence-corrected chi connectivity index (χ1v) is 7.86. The van der Waals surface area contributed by atoms with E-state index >= 15 is 0 Å². The van der Waals surface area contributed by atoms with Crippen molar-refractivity contribution in [1.29, 1.82) is 0 Å². The average molecular weight is 353 g/mol. The molecule has 0 saturated carbocycles. The van der Waals surface area contributed by atoms with Crippen LogP contribution in [0.4, 0.5) is 0 Å². The van der Waals surface area contributed by atoms with Crippen LogP contribution in [0, 0.1) is 13.8 Å². The van der Waals surface area contributed by atoms with Gasteiger partial charge < -0.3 is 5.32 Å². The molecule has 0 aromatic heterocycles. The minimum Gasteiger partial charge on any atom is -0.313 e. The highest BCUT2D eigenvalue weighted by Gasteiger charge is 2.14. The zero-order valence-corrected chi connectivity index (χ0v) is 14.3. The number of nitrogens with one attached hydrogen (secondary N) is 1. The highest BCUT2D eigenvalue weighted by molar-refractivity contribution is 9.10. The van der Waals surface area contributed by atoms with Crippen LogP contribution in [0.1, 0.15) is 28.3 Å². The average Bonchev–Trinajstić information content (AvgIpc) is 2.37. The second-order valence-electron chi connectivity index (χ2n) is 5.12. The van der Waals surface area contributed by atoms with Crippen LogP contribution < -0.4 is 5.32 Å². The van der Waals surface area contributed by atoms with E-state index in [2.05, 4.69) is 59.4 Å². The summed E-state index contributed by atoms with van der Waals surface area (Å²) >= 11 is 9.67. The fourth-order valence-corrected chi connectivity index (χ4v) is 3.42. The van der Waals surface area contributed by atoms with E-state index in [0.29, 0.717) is 0 Å². The van der Waals surface area contributed by atoms with Crippen molar-refractivity contribution >= 4 is 27.5 Å². The number of rotatable bonds is 4. The number of benzene rings is 2. The van der Waals surface area contributed by atoms with E-state index in [0.717, 1.165) is 15.9 Å². The molecule has 1 atom stereocenters. The molecule has 0 amide bonds. The van der Waals surface area contributed by atoms with Gasteiger partial charge in [0.05, 0.1) is 0 Å². The van der Waals surface area contributed by atoms with Crippen molar-refractivity contribution in [2.24, 2.45) is 0 Å². The van der Waals surface area contributed by atoms with Crippen LogP contribution in [0.5, 0.6) is 0 Å². The summed E-state index contributed by atoms with van der Waals surface area (Å²) in [7, 11) is 1.99. The Balaban J connectivity index is 2.33. The summed E-state index contributed by atoms with van der Waals surface area (Å²) < 4.78 is 1.02. The van der Waals surface area contributed by atoms with Gasteiger partial charge in [0.2, 0.25) is 0 Å². The number of hydrogen-bond donors (Lipinski definition) is 1. The van der Waals surface area contributed by atoms with Crippen molar-refractivity contribution in [3.63, 3.8) is 0 Å². The summed E-state index contributed by atoms with van der Waals surface area (Å²) in [6.07, 6.45) is 0.960. The van der Waals surface area contributed by atoms with Crippen LogP contribution >= 0.6 is 27.5 Å². The Labute approximate surface area is 134 Å². The fourth-order valence-electron chi connectivity index (χ4n) is 2.54. The van der Waals surface area contributed by atoms with Gasteiger partial charge in [-0.3, -0.25) is 0 Å². The molecule has 0 bridgehead atoms. The van der Waals surface area contributed by atoms with Gasteiger partial charge in [0, 0.05) is 15.5 Å². The Morgan fingerprint density at radius 3 is 2.35 bits per heavy atom. The standard InChI is InChI=1S/C17H19BrClN/c1-11-5-4-6-12(2)16(11)10-17(20-3)13-7-14(18)9-15(19)8-13/h4-9,17,20H,10H2,1-3H3. The molecule has 2 rings (SSSR count). The van der Waals surface area contributed by atoms with Crippen LogP contribution in [0.3, 0.4) is 0 Å². The SMILES string of the molecule is CNC(Cc1c(C)cccc1C)c1cc(Cl)cc(Br)c1. The Hall–Kier alpha value is -0.830. The molecule has 0 aliphatic rings. The molecule has 106 valence electrons. The first-order chi connectivity index (χ1) is 9.51. The first-order valence-electron chi connectivity index (χ1n) is 6.69. The molecule has 0 aliphatic heterocycles. The van der Waals surface area contributed by atoms with Gasteiger partial charge >= 0.3 is 0 Å². The highest BCUT2D eigenvalue weighted by atomic mass is 79.9. The second kappa shape index (κ2) is 6.75. The minimum absolute atomic E-state index is 0.254. The molecule has 0 aliphatic carbocycles. The maximum absolute atomic E-state index is 6.16. The summed E-state index contributed by atoms with van der Waals surface area (Å²) in [5.41, 5.74) is 5.29. The van der Waals surface area contributed by atoms with Gasteiger partial charge in [0.1, 0.15) is 0 Å². The molecular weight excluding hydrogens is 334 g/mol. The van der Waals surface area contributed by atoms with E-state index in [1.165, 1.54) is 22.3 Å². The summed E-state index contributed by atoms with van der Waals surface area (Å²) in [6.45, 7) is 4.34. The monoisotopic (exact) mass is 351 g/mol. The summed E-state index contributed by atoms with van der Waals surface area (Å²) in [6, 6.07) is 12.8. The number of halogens is 2. The second-order valence-corrected chi connectivity index (χ2v) is 6.47. The topological polar surface area (TPSA) is 12.0 Å². The van der Waals surface area contributed by atoms with Gasteiger partial charge in [-0.1, -0.05) is 45.7 Å². The summed E-state index contributed by atoms with van der Waals surface area (Å²) in [4.78, 5) is 0. The maximum atomic E-state index is 6.16. The molecule has 0 heterocycles. The Kier molecular flexibility index (Phi) is 5.25. The zero-order valence-electron chi connectivity index (χ0n) is 12.0. The number of likely N-dealkylation sites (N-methyl/N-ethyl adjacent to an activating group) is 1. The van der Waals surface area contributed by atoms with E-state index < -0.39 is 0 Å². The van der Waals surface area contributed by atoms with Gasteiger partial charge in [-0.05, 0) is 67.8 Å². The molecule has 2 aromatic rings. The quantitative estimate of drug-likeness (QED) is 0.795. The van der Waals surface area contributed by atoms with Crippen LogP contribution in [-0.2, 0) is 6.42 Å². The van der Waals surface area contributed by atoms with E-state index in [4.69, 9.17) is 11.6 Å². The normalized spacial score (nSPS) is 12.4. The third-order valence-electron chi connectivity index (χ3n) is 3.69. The molecular formula is C17H19BrClN. The lowest BCUT2D eigenvalue weighted by Gasteiger charge is -2.20. The van der Waals surface area contributed by atoms with Gasteiger partial charge in [0.25, 0.3) is 0 Å². The van der Waals surface area contributed by atoms with Crippen LogP contribution in [-0.4, -0.2) is 7.05 Å². The van der Waals surface area contributed by atoms with Crippen molar-refractivity contribution in [2.45, 2.75) is 26.3 Å². The molecule has 0 spiro atoms. The van der Waals surface area contributed by atoms with Gasteiger partial charge in [0.15, 0.2) is 0 Å². The van der Waals surface area contributed by atoms with Crippen molar-refractivity contribution in [1.82, 2.24) is 5.32 Å². The summed E-state index contributed by atoms with van der Waals surface area (Å²) in [5, 5.41) is 4.16. The lowest BCUT2D eigenvalue weighted by Crippen LogP contribution is -2.19. The molecule has 2 aromatic carbocycles. The van der Waals surface area contributed by atoms with Crippen molar-refractivity contribution in [2.75, 3.05) is 7.05 Å². The number of aryl methyl sites for hydroxylation is 2. The molecule has 1 N–H and O–H groups in total. The third-order valence-corrected chi connectivity index (χ3v) is 4.36. The van der Waals surface area contributed by atoms with Crippen molar-refractivity contribution in [3.8, 4) is 0 Å². The molecule has 1 unspecified atom stereocenters. The maximum Gasteiger partial charge on any atom is 0.0420 e. The van der Waals surface area contributed by atoms with Gasteiger partial charge in [-0.15, -0.1) is 0 Å². The van der Waals surface area contributed by atoms with Crippen LogP contribution in [0.25, 0.3) is 0 Å². The van der Waals surface area contributed by atoms with E-state index in [9.17, 15) is 0 Å². The smallest absolute Gasteiger partial charge is 0.0420 e. The lowest BCUT2D eigenvalue weighted by atomic mass is 9.93. The fraction of sp³-hybridized carbons (Fsp3) is 0.294. The Bertz CT molecular complexity index is 569. The van der Waals surface area contributed by atoms with E-state index in [1.807, 2.05) is 19.2 Å². The molecule has 20 heavy (non-hydrogen) atoms. The van der Waals surface area contributed by atoms with Crippen molar-refractivity contribution < 1.29 is 0 Å². The van der Waals surface area contributed by atoms with E-state index in [1.54, 1.807) is 0 Å². The largest absolute Gasteiger partial charge is 0.313 e. The predicted molar refractivity (Wildman–Crippen MR) is 90.6 cm³/mol. The van der Waals surface area contributed by atoms with E-state index in [-0.39, 0.29) is 6.04 Å². The highest BCUT2D eigenvalue weighted by Crippen LogP contribution is 2.27. The Morgan fingerprint density at radius 1 is 1.15 bits per heavy atom. The first kappa shape index (κ1) is 15.6. The molecule has 0 saturated heterocycles. The molecule has 3 heteroatoms. The van der Waals surface area contributed by atoms with Crippen LogP contribution in [0.15, 0.2) is 40.9 Å².